The number of carbonyl (C=O) groups is 1. The third-order valence-electron chi connectivity index (χ3n) is 0.705. The predicted octanol–water partition coefficient (Wildman–Crippen LogP) is 0.540. The maximum absolute atomic E-state index is 10.4. The molecule has 0 spiro atoms. The molecule has 0 saturated heterocycles. The summed E-state index contributed by atoms with van der Waals surface area (Å²) in [5, 5.41) is 8.64. The van der Waals surface area contributed by atoms with Gasteiger partial charge in [-0.15, -0.1) is 0 Å². The SMILES string of the molecule is CCOC(=O)OC[C@@H](C)O. The summed E-state index contributed by atoms with van der Waals surface area (Å²) in [6.45, 7) is 3.49. The highest BCUT2D eigenvalue weighted by molar-refractivity contribution is 5.59. The van der Waals surface area contributed by atoms with Crippen LogP contribution in [0.2, 0.25) is 0 Å². The van der Waals surface area contributed by atoms with Crippen molar-refractivity contribution in [2.75, 3.05) is 13.2 Å². The Hall–Kier alpha value is -0.770. The van der Waals surface area contributed by atoms with Gasteiger partial charge in [0.2, 0.25) is 0 Å². The van der Waals surface area contributed by atoms with Crippen molar-refractivity contribution < 1.29 is 19.4 Å². The smallest absolute Gasteiger partial charge is 0.435 e. The summed E-state index contributed by atoms with van der Waals surface area (Å²) in [7, 11) is 0. The molecule has 10 heavy (non-hydrogen) atoms. The van der Waals surface area contributed by atoms with E-state index in [2.05, 4.69) is 9.47 Å². The first kappa shape index (κ1) is 9.23. The normalized spacial score (nSPS) is 12.3. The summed E-state index contributed by atoms with van der Waals surface area (Å²) in [6, 6.07) is 0. The van der Waals surface area contributed by atoms with Gasteiger partial charge >= 0.3 is 6.16 Å². The van der Waals surface area contributed by atoms with E-state index in [-0.39, 0.29) is 6.61 Å². The molecule has 0 rings (SSSR count). The third-order valence-corrected chi connectivity index (χ3v) is 0.705. The van der Waals surface area contributed by atoms with Gasteiger partial charge < -0.3 is 14.6 Å². The number of rotatable bonds is 3. The Labute approximate surface area is 59.7 Å². The molecule has 60 valence electrons. The summed E-state index contributed by atoms with van der Waals surface area (Å²) in [4.78, 5) is 10.4. The van der Waals surface area contributed by atoms with Gasteiger partial charge in [-0.3, -0.25) is 0 Å². The van der Waals surface area contributed by atoms with Crippen LogP contribution >= 0.6 is 0 Å². The molecule has 0 heterocycles. The average molecular weight is 148 g/mol. The Kier molecular flexibility index (Phi) is 4.66. The Bertz CT molecular complexity index is 99.9. The van der Waals surface area contributed by atoms with E-state index in [4.69, 9.17) is 5.11 Å². The summed E-state index contributed by atoms with van der Waals surface area (Å²) in [6.07, 6.45) is -1.37. The molecule has 0 unspecified atom stereocenters. The van der Waals surface area contributed by atoms with Gasteiger partial charge in [0.1, 0.15) is 6.61 Å². The fourth-order valence-electron chi connectivity index (χ4n) is 0.348. The minimum absolute atomic E-state index is 0.0150. The van der Waals surface area contributed by atoms with E-state index < -0.39 is 12.3 Å². The Morgan fingerprint density at radius 1 is 1.60 bits per heavy atom. The highest BCUT2D eigenvalue weighted by Gasteiger charge is 2.03. The van der Waals surface area contributed by atoms with Gasteiger partial charge in [-0.05, 0) is 13.8 Å². The quantitative estimate of drug-likeness (QED) is 0.593. The second kappa shape index (κ2) is 5.05. The zero-order valence-electron chi connectivity index (χ0n) is 6.16. The lowest BCUT2D eigenvalue weighted by atomic mass is 10.5. The largest absolute Gasteiger partial charge is 0.508 e. The predicted molar refractivity (Wildman–Crippen MR) is 34.7 cm³/mol. The maximum Gasteiger partial charge on any atom is 0.508 e. The minimum Gasteiger partial charge on any atom is -0.435 e. The van der Waals surface area contributed by atoms with E-state index in [1.54, 1.807) is 6.92 Å². The fraction of sp³-hybridized carbons (Fsp3) is 0.833. The van der Waals surface area contributed by atoms with Gasteiger partial charge in [0.05, 0.1) is 12.7 Å². The molecule has 4 heteroatoms. The molecule has 0 saturated carbocycles. The molecule has 0 aromatic carbocycles. The van der Waals surface area contributed by atoms with E-state index in [0.717, 1.165) is 0 Å². The molecule has 0 aromatic rings. The number of hydrogen-bond acceptors (Lipinski definition) is 4. The van der Waals surface area contributed by atoms with Crippen molar-refractivity contribution in [1.29, 1.82) is 0 Å². The number of carbonyl (C=O) groups excluding carboxylic acids is 1. The lowest BCUT2D eigenvalue weighted by Gasteiger charge is -2.05. The summed E-state index contributed by atoms with van der Waals surface area (Å²) in [5.74, 6) is 0. The Balaban J connectivity index is 3.22. The Morgan fingerprint density at radius 3 is 2.60 bits per heavy atom. The maximum atomic E-state index is 10.4. The van der Waals surface area contributed by atoms with E-state index >= 15 is 0 Å². The molecular formula is C6H12O4. The van der Waals surface area contributed by atoms with Crippen LogP contribution in [-0.2, 0) is 9.47 Å². The second-order valence-corrected chi connectivity index (χ2v) is 1.84. The zero-order chi connectivity index (χ0) is 7.98. The Morgan fingerprint density at radius 2 is 2.20 bits per heavy atom. The van der Waals surface area contributed by atoms with Crippen molar-refractivity contribution in [2.24, 2.45) is 0 Å². The fourth-order valence-corrected chi connectivity index (χ4v) is 0.348. The molecule has 4 nitrogen and oxygen atoms in total. The number of ether oxygens (including phenoxy) is 2. The van der Waals surface area contributed by atoms with E-state index in [9.17, 15) is 4.79 Å². The lowest BCUT2D eigenvalue weighted by Crippen LogP contribution is -2.15. The van der Waals surface area contributed by atoms with Crippen molar-refractivity contribution in [1.82, 2.24) is 0 Å². The van der Waals surface area contributed by atoms with Crippen LogP contribution in [0.15, 0.2) is 0 Å². The summed E-state index contributed by atoms with van der Waals surface area (Å²) in [5.41, 5.74) is 0. The van der Waals surface area contributed by atoms with Crippen LogP contribution in [0.4, 0.5) is 4.79 Å². The summed E-state index contributed by atoms with van der Waals surface area (Å²) >= 11 is 0. The van der Waals surface area contributed by atoms with E-state index in [0.29, 0.717) is 6.61 Å². The van der Waals surface area contributed by atoms with Crippen LogP contribution in [0.3, 0.4) is 0 Å². The van der Waals surface area contributed by atoms with Crippen LogP contribution in [0, 0.1) is 0 Å². The van der Waals surface area contributed by atoms with Gasteiger partial charge in [-0.25, -0.2) is 4.79 Å². The highest BCUT2D eigenvalue weighted by Crippen LogP contribution is 1.87. The molecule has 0 aliphatic carbocycles. The molecule has 0 aromatic heterocycles. The van der Waals surface area contributed by atoms with Crippen molar-refractivity contribution in [3.63, 3.8) is 0 Å². The topological polar surface area (TPSA) is 55.8 Å². The zero-order valence-corrected chi connectivity index (χ0v) is 6.16. The number of aliphatic hydroxyl groups excluding tert-OH is 1. The van der Waals surface area contributed by atoms with Crippen molar-refractivity contribution in [3.8, 4) is 0 Å². The van der Waals surface area contributed by atoms with Crippen molar-refractivity contribution in [2.45, 2.75) is 20.0 Å². The van der Waals surface area contributed by atoms with Crippen LogP contribution < -0.4 is 0 Å². The van der Waals surface area contributed by atoms with Crippen molar-refractivity contribution in [3.05, 3.63) is 0 Å². The molecule has 0 aliphatic rings. The van der Waals surface area contributed by atoms with Crippen LogP contribution in [0.1, 0.15) is 13.8 Å². The molecule has 0 fully saturated rings. The van der Waals surface area contributed by atoms with Crippen LogP contribution in [0.5, 0.6) is 0 Å². The molecule has 1 atom stereocenters. The molecule has 0 aliphatic heterocycles. The van der Waals surface area contributed by atoms with Crippen LogP contribution in [0.25, 0.3) is 0 Å². The first-order chi connectivity index (χ1) is 4.66. The molecule has 0 radical (unpaired) electrons. The monoisotopic (exact) mass is 148 g/mol. The van der Waals surface area contributed by atoms with Gasteiger partial charge in [0, 0.05) is 0 Å². The van der Waals surface area contributed by atoms with E-state index in [1.807, 2.05) is 0 Å². The van der Waals surface area contributed by atoms with Crippen LogP contribution in [-0.4, -0.2) is 30.6 Å². The summed E-state index contributed by atoms with van der Waals surface area (Å²) < 4.78 is 8.85. The minimum atomic E-state index is -0.733. The molecular weight excluding hydrogens is 136 g/mol. The molecule has 0 bridgehead atoms. The van der Waals surface area contributed by atoms with Gasteiger partial charge in [-0.1, -0.05) is 0 Å². The lowest BCUT2D eigenvalue weighted by molar-refractivity contribution is 0.0263. The van der Waals surface area contributed by atoms with E-state index in [1.165, 1.54) is 6.92 Å². The second-order valence-electron chi connectivity index (χ2n) is 1.84. The standard InChI is InChI=1S/C6H12O4/c1-3-9-6(8)10-4-5(2)7/h5,7H,3-4H2,1-2H3/t5-/m1/s1. The number of aliphatic hydroxyl groups is 1. The third kappa shape index (κ3) is 5.37. The van der Waals surface area contributed by atoms with Crippen molar-refractivity contribution >= 4 is 6.16 Å². The van der Waals surface area contributed by atoms with Gasteiger partial charge in [-0.2, -0.15) is 0 Å². The van der Waals surface area contributed by atoms with Gasteiger partial charge in [0.15, 0.2) is 0 Å². The first-order valence-corrected chi connectivity index (χ1v) is 3.14. The average Bonchev–Trinajstić information content (AvgIpc) is 1.85. The highest BCUT2D eigenvalue weighted by atomic mass is 16.7. The van der Waals surface area contributed by atoms with Gasteiger partial charge in [0.25, 0.3) is 0 Å². The molecule has 0 amide bonds. The number of hydrogen-bond donors (Lipinski definition) is 1. The molecule has 1 N–H and O–H groups in total. The first-order valence-electron chi connectivity index (χ1n) is 3.14.